The lowest BCUT2D eigenvalue weighted by atomic mass is 10.0. The standard InChI is InChI=1S/C66H117N2O7P/c1-7-10-13-16-19-22-25-28-30-32-33-34-35-37-38-40-43-46-49-52-55-58-65(69)67-63(62-74-76(71,72)73-61-60-68(4,5)6)64(57-54-51-48-45-42-27-24-21-18-15-12-9-3)75-66(70)59-56-53-50-47-44-41-39-36-31-29-26-23-20-17-14-11-8-2/h19-20,22-23,28-31,33-34,37-39,41,54,57,63-64H,7-18,21,24-27,32,35-36,40,42-53,55-56,58-62H2,1-6H3,(H-,67,69,71,72)/b22-19-,23-20-,30-28-,31-29-,34-33-,38-37-,41-39-,57-54-. The number of phosphoric ester groups is 1. The summed E-state index contributed by atoms with van der Waals surface area (Å²) < 4.78 is 30.3. The highest BCUT2D eigenvalue weighted by atomic mass is 31.2. The van der Waals surface area contributed by atoms with Gasteiger partial charge in [0.05, 0.1) is 33.8 Å². The predicted molar refractivity (Wildman–Crippen MR) is 325 cm³/mol. The second-order valence-electron chi connectivity index (χ2n) is 21.8. The zero-order chi connectivity index (χ0) is 55.7. The van der Waals surface area contributed by atoms with Crippen LogP contribution >= 0.6 is 7.82 Å². The predicted octanol–water partition coefficient (Wildman–Crippen LogP) is 18.5. The van der Waals surface area contributed by atoms with Gasteiger partial charge in [-0.25, -0.2) is 0 Å². The minimum absolute atomic E-state index is 0.0347. The maximum Gasteiger partial charge on any atom is 0.306 e. The number of carbonyl (C=O) groups excluding carboxylic acids is 2. The third-order valence-corrected chi connectivity index (χ3v) is 14.2. The van der Waals surface area contributed by atoms with Crippen molar-refractivity contribution in [2.24, 2.45) is 0 Å². The molecular weight excluding hydrogens is 964 g/mol. The molecule has 0 heterocycles. The number of likely N-dealkylation sites (N-methyl/N-ethyl adjacent to an activating group) is 1. The topological polar surface area (TPSA) is 114 Å². The van der Waals surface area contributed by atoms with E-state index < -0.39 is 26.6 Å². The Balaban J connectivity index is 5.35. The van der Waals surface area contributed by atoms with Crippen molar-refractivity contribution in [3.63, 3.8) is 0 Å². The molecule has 0 saturated heterocycles. The molecule has 0 aliphatic rings. The van der Waals surface area contributed by atoms with Gasteiger partial charge < -0.3 is 28.5 Å². The molecule has 3 unspecified atom stereocenters. The molecule has 0 rings (SSSR count). The van der Waals surface area contributed by atoms with Crippen LogP contribution < -0.4 is 10.2 Å². The zero-order valence-electron chi connectivity index (χ0n) is 49.9. The molecule has 0 aromatic carbocycles. The van der Waals surface area contributed by atoms with Crippen LogP contribution in [0.15, 0.2) is 97.2 Å². The molecule has 0 aromatic rings. The molecule has 0 aromatic heterocycles. The van der Waals surface area contributed by atoms with E-state index in [1.807, 2.05) is 33.3 Å². The van der Waals surface area contributed by atoms with Crippen LogP contribution in [-0.4, -0.2) is 69.4 Å². The van der Waals surface area contributed by atoms with Gasteiger partial charge in [-0.05, 0) is 115 Å². The van der Waals surface area contributed by atoms with E-state index in [1.165, 1.54) is 103 Å². The minimum Gasteiger partial charge on any atom is -0.756 e. The SMILES string of the molecule is CCCCC/C=C\C/C=C\C/C=C\C/C=C\CCCCCCCC(=O)NC(COP(=O)([O-])OCC[N+](C)(C)C)C(/C=C\CCCCCCCCCCCC)OC(=O)CCCCCC/C=C\C/C=C\C/C=C\CCCCC. The Labute approximate surface area is 468 Å². The van der Waals surface area contributed by atoms with Crippen LogP contribution in [0.3, 0.4) is 0 Å². The highest BCUT2D eigenvalue weighted by molar-refractivity contribution is 7.45. The van der Waals surface area contributed by atoms with Crippen molar-refractivity contribution in [3.8, 4) is 0 Å². The van der Waals surface area contributed by atoms with Crippen molar-refractivity contribution in [2.75, 3.05) is 40.9 Å². The van der Waals surface area contributed by atoms with Crippen LogP contribution in [-0.2, 0) is 27.9 Å². The monoisotopic (exact) mass is 1080 g/mol. The lowest BCUT2D eigenvalue weighted by molar-refractivity contribution is -0.870. The van der Waals surface area contributed by atoms with E-state index in [1.54, 1.807) is 0 Å². The average molecular weight is 1080 g/mol. The molecule has 76 heavy (non-hydrogen) atoms. The number of esters is 1. The number of phosphoric acid groups is 1. The van der Waals surface area contributed by atoms with E-state index in [9.17, 15) is 19.0 Å². The van der Waals surface area contributed by atoms with E-state index in [0.717, 1.165) is 109 Å². The number of quaternary nitrogens is 1. The van der Waals surface area contributed by atoms with E-state index in [2.05, 4.69) is 111 Å². The number of nitrogens with one attached hydrogen (secondary N) is 1. The Hall–Kier alpha value is -3.07. The van der Waals surface area contributed by atoms with Crippen LogP contribution in [0.25, 0.3) is 0 Å². The molecule has 9 nitrogen and oxygen atoms in total. The highest BCUT2D eigenvalue weighted by Gasteiger charge is 2.27. The lowest BCUT2D eigenvalue weighted by Crippen LogP contribution is -2.47. The summed E-state index contributed by atoms with van der Waals surface area (Å²) in [7, 11) is 1.15. The van der Waals surface area contributed by atoms with E-state index >= 15 is 0 Å². The summed E-state index contributed by atoms with van der Waals surface area (Å²) in [6.07, 6.45) is 73.7. The summed E-state index contributed by atoms with van der Waals surface area (Å²) in [6, 6.07) is -0.913. The molecule has 0 fully saturated rings. The van der Waals surface area contributed by atoms with Gasteiger partial charge in [0.25, 0.3) is 7.82 Å². The molecule has 1 amide bonds. The van der Waals surface area contributed by atoms with Crippen LogP contribution in [0, 0.1) is 0 Å². The lowest BCUT2D eigenvalue weighted by Gasteiger charge is -2.30. The maximum atomic E-state index is 13.5. The summed E-state index contributed by atoms with van der Waals surface area (Å²) in [6.45, 7) is 6.75. The number of carbonyl (C=O) groups is 2. The molecule has 0 aliphatic carbocycles. The summed E-state index contributed by atoms with van der Waals surface area (Å²) in [5, 5.41) is 3.01. The minimum atomic E-state index is -4.71. The Morgan fingerprint density at radius 3 is 1.22 bits per heavy atom. The molecular formula is C66H117N2O7P. The Morgan fingerprint density at radius 1 is 0.461 bits per heavy atom. The van der Waals surface area contributed by atoms with Crippen molar-refractivity contribution in [2.45, 2.75) is 270 Å². The molecule has 1 N–H and O–H groups in total. The Kier molecular flexibility index (Phi) is 53.0. The normalized spacial score (nSPS) is 14.4. The van der Waals surface area contributed by atoms with Gasteiger partial charge in [0, 0.05) is 12.8 Å². The molecule has 3 atom stereocenters. The molecule has 0 saturated carbocycles. The van der Waals surface area contributed by atoms with Crippen LogP contribution in [0.2, 0.25) is 0 Å². The molecule has 0 spiro atoms. The molecule has 10 heteroatoms. The van der Waals surface area contributed by atoms with Crippen molar-refractivity contribution in [1.29, 1.82) is 0 Å². The summed E-state index contributed by atoms with van der Waals surface area (Å²) >= 11 is 0. The van der Waals surface area contributed by atoms with Crippen molar-refractivity contribution in [3.05, 3.63) is 97.2 Å². The number of amides is 1. The van der Waals surface area contributed by atoms with E-state index in [0.29, 0.717) is 23.9 Å². The quantitative estimate of drug-likeness (QED) is 0.0212. The smallest absolute Gasteiger partial charge is 0.306 e. The Morgan fingerprint density at radius 2 is 0.803 bits per heavy atom. The van der Waals surface area contributed by atoms with Crippen LogP contribution in [0.1, 0.15) is 258 Å². The van der Waals surface area contributed by atoms with Gasteiger partial charge in [-0.15, -0.1) is 0 Å². The Bertz CT molecular complexity index is 1620. The van der Waals surface area contributed by atoms with E-state index in [4.69, 9.17) is 13.8 Å². The van der Waals surface area contributed by atoms with Crippen LogP contribution in [0.5, 0.6) is 0 Å². The van der Waals surface area contributed by atoms with Gasteiger partial charge in [0.1, 0.15) is 19.3 Å². The fourth-order valence-electron chi connectivity index (χ4n) is 8.39. The van der Waals surface area contributed by atoms with Gasteiger partial charge in [-0.2, -0.15) is 0 Å². The number of rotatable bonds is 55. The van der Waals surface area contributed by atoms with Crippen LogP contribution in [0.4, 0.5) is 0 Å². The molecule has 0 aliphatic heterocycles. The second-order valence-corrected chi connectivity index (χ2v) is 23.3. The number of unbranched alkanes of at least 4 members (excludes halogenated alkanes) is 25. The zero-order valence-corrected chi connectivity index (χ0v) is 50.8. The first-order valence-corrected chi connectivity index (χ1v) is 32.5. The largest absolute Gasteiger partial charge is 0.756 e. The number of ether oxygens (including phenoxy) is 1. The number of hydrogen-bond donors (Lipinski definition) is 1. The highest BCUT2D eigenvalue weighted by Crippen LogP contribution is 2.38. The van der Waals surface area contributed by atoms with Gasteiger partial charge in [-0.1, -0.05) is 227 Å². The second kappa shape index (κ2) is 55.3. The summed E-state index contributed by atoms with van der Waals surface area (Å²) in [5.74, 6) is -0.591. The third-order valence-electron chi connectivity index (χ3n) is 13.2. The first-order chi connectivity index (χ1) is 36.9. The van der Waals surface area contributed by atoms with Crippen molar-refractivity contribution < 1.29 is 37.3 Å². The van der Waals surface area contributed by atoms with Gasteiger partial charge in [-0.3, -0.25) is 14.2 Å². The van der Waals surface area contributed by atoms with Gasteiger partial charge >= 0.3 is 5.97 Å². The van der Waals surface area contributed by atoms with Gasteiger partial charge in [0.2, 0.25) is 5.91 Å². The number of nitrogens with zero attached hydrogens (tertiary/aromatic N) is 1. The maximum absolute atomic E-state index is 13.5. The van der Waals surface area contributed by atoms with Gasteiger partial charge in [0.15, 0.2) is 0 Å². The van der Waals surface area contributed by atoms with E-state index in [-0.39, 0.29) is 31.3 Å². The van der Waals surface area contributed by atoms with Crippen molar-refractivity contribution in [1.82, 2.24) is 5.32 Å². The fourth-order valence-corrected chi connectivity index (χ4v) is 9.12. The first kappa shape index (κ1) is 72.9. The summed E-state index contributed by atoms with van der Waals surface area (Å²) in [4.78, 5) is 40.0. The third kappa shape index (κ3) is 55.7. The molecule has 0 radical (unpaired) electrons. The molecule has 438 valence electrons. The number of hydrogen-bond acceptors (Lipinski definition) is 7. The first-order valence-electron chi connectivity index (χ1n) is 31.0. The number of allylic oxidation sites excluding steroid dienone is 15. The van der Waals surface area contributed by atoms with Crippen molar-refractivity contribution >= 4 is 19.7 Å². The summed E-state index contributed by atoms with van der Waals surface area (Å²) in [5.41, 5.74) is 0. The fraction of sp³-hybridized carbons (Fsp3) is 0.727. The molecule has 0 bridgehead atoms. The average Bonchev–Trinajstić information content (AvgIpc) is 3.38.